The van der Waals surface area contributed by atoms with Gasteiger partial charge in [-0.25, -0.2) is 4.79 Å². The Labute approximate surface area is 161 Å². The summed E-state index contributed by atoms with van der Waals surface area (Å²) >= 11 is 6.22. The lowest BCUT2D eigenvalue weighted by Gasteiger charge is -2.10. The molecule has 0 unspecified atom stereocenters. The van der Waals surface area contributed by atoms with Crippen LogP contribution in [-0.4, -0.2) is 24.4 Å². The maximum absolute atomic E-state index is 12.4. The van der Waals surface area contributed by atoms with Gasteiger partial charge in [-0.3, -0.25) is 10.2 Å². The van der Waals surface area contributed by atoms with Crippen LogP contribution in [0, 0.1) is 5.41 Å². The monoisotopic (exact) mass is 386 g/mol. The van der Waals surface area contributed by atoms with Crippen molar-refractivity contribution in [2.75, 3.05) is 17.2 Å². The van der Waals surface area contributed by atoms with Crippen LogP contribution in [0.1, 0.15) is 22.8 Å². The van der Waals surface area contributed by atoms with Crippen molar-refractivity contribution < 1.29 is 14.3 Å². The molecule has 2 rings (SSSR count). The predicted octanol–water partition coefficient (Wildman–Crippen LogP) is 3.47. The van der Waals surface area contributed by atoms with E-state index in [1.165, 1.54) is 6.08 Å². The number of anilines is 2. The molecule has 2 aromatic carbocycles. The number of amides is 1. The fourth-order valence-electron chi connectivity index (χ4n) is 2.18. The average Bonchev–Trinajstić information content (AvgIpc) is 2.62. The zero-order valence-corrected chi connectivity index (χ0v) is 15.3. The Kier molecular flexibility index (Phi) is 6.96. The van der Waals surface area contributed by atoms with Crippen LogP contribution in [-0.2, 0) is 9.53 Å². The number of ether oxygens (including phenoxy) is 1. The molecule has 0 aliphatic heterocycles. The Hall–Kier alpha value is -3.32. The summed E-state index contributed by atoms with van der Waals surface area (Å²) in [6.45, 7) is 2.03. The third-order valence-corrected chi connectivity index (χ3v) is 3.66. The quantitative estimate of drug-likeness (QED) is 0.262. The molecule has 0 bridgehead atoms. The Bertz CT molecular complexity index is 896. The molecule has 2 aromatic rings. The first-order valence-electron chi connectivity index (χ1n) is 8.06. The van der Waals surface area contributed by atoms with Gasteiger partial charge in [-0.2, -0.15) is 0 Å². The highest BCUT2D eigenvalue weighted by Crippen LogP contribution is 2.24. The number of rotatable bonds is 6. The number of guanidine groups is 1. The van der Waals surface area contributed by atoms with Gasteiger partial charge >= 0.3 is 5.97 Å². The molecule has 8 heteroatoms. The van der Waals surface area contributed by atoms with Crippen molar-refractivity contribution in [3.63, 3.8) is 0 Å². The van der Waals surface area contributed by atoms with Gasteiger partial charge in [-0.1, -0.05) is 23.7 Å². The van der Waals surface area contributed by atoms with Crippen LogP contribution in [0.25, 0.3) is 6.08 Å². The number of benzene rings is 2. The number of carbonyl (C=O) groups excluding carboxylic acids is 2. The van der Waals surface area contributed by atoms with Crippen molar-refractivity contribution in [2.24, 2.45) is 5.73 Å². The van der Waals surface area contributed by atoms with Crippen LogP contribution >= 0.6 is 11.6 Å². The molecule has 0 aliphatic rings. The van der Waals surface area contributed by atoms with Crippen LogP contribution in [0.4, 0.5) is 11.4 Å². The fraction of sp³-hybridized carbons (Fsp3) is 0.105. The van der Waals surface area contributed by atoms with Gasteiger partial charge < -0.3 is 21.1 Å². The first kappa shape index (κ1) is 20.0. The first-order chi connectivity index (χ1) is 12.9. The van der Waals surface area contributed by atoms with Gasteiger partial charge in [0.05, 0.1) is 17.3 Å². The number of nitrogens with one attached hydrogen (secondary N) is 3. The Morgan fingerprint density at radius 2 is 2.00 bits per heavy atom. The van der Waals surface area contributed by atoms with Gasteiger partial charge in [0.15, 0.2) is 5.96 Å². The van der Waals surface area contributed by atoms with Gasteiger partial charge in [0.2, 0.25) is 0 Å². The summed E-state index contributed by atoms with van der Waals surface area (Å²) < 4.78 is 4.81. The number of esters is 1. The van der Waals surface area contributed by atoms with Gasteiger partial charge in [-0.15, -0.1) is 0 Å². The highest BCUT2D eigenvalue weighted by Gasteiger charge is 2.10. The van der Waals surface area contributed by atoms with Crippen LogP contribution < -0.4 is 16.4 Å². The summed E-state index contributed by atoms with van der Waals surface area (Å²) in [4.78, 5) is 23.8. The summed E-state index contributed by atoms with van der Waals surface area (Å²) in [6.07, 6.45) is 2.88. The van der Waals surface area contributed by atoms with Crippen molar-refractivity contribution in [2.45, 2.75) is 6.92 Å². The standard InChI is InChI=1S/C19H19ClN4O3/c1-2-27-17(25)9-7-12-6-8-16(15(20)10-12)24-18(26)13-4-3-5-14(11-13)23-19(21)22/h3-11H,2H2,1H3,(H,24,26)(H4,21,22,23)/b9-7+. The fourth-order valence-corrected chi connectivity index (χ4v) is 2.42. The van der Waals surface area contributed by atoms with E-state index in [-0.39, 0.29) is 11.9 Å². The van der Waals surface area contributed by atoms with E-state index in [1.54, 1.807) is 55.5 Å². The molecule has 0 aromatic heterocycles. The summed E-state index contributed by atoms with van der Waals surface area (Å²) in [5, 5.41) is 12.9. The van der Waals surface area contributed by atoms with Gasteiger partial charge in [-0.05, 0) is 48.9 Å². The Balaban J connectivity index is 2.10. The van der Waals surface area contributed by atoms with Crippen molar-refractivity contribution in [3.05, 3.63) is 64.7 Å². The molecule has 0 heterocycles. The molecule has 0 spiro atoms. The van der Waals surface area contributed by atoms with Gasteiger partial charge in [0, 0.05) is 17.3 Å². The zero-order valence-electron chi connectivity index (χ0n) is 14.6. The summed E-state index contributed by atoms with van der Waals surface area (Å²) in [7, 11) is 0. The molecular formula is C19H19ClN4O3. The second-order valence-corrected chi connectivity index (χ2v) is 5.81. The van der Waals surface area contributed by atoms with Crippen LogP contribution in [0.5, 0.6) is 0 Å². The maximum atomic E-state index is 12.4. The summed E-state index contributed by atoms with van der Waals surface area (Å²) in [5.41, 5.74) is 7.32. The molecule has 0 radical (unpaired) electrons. The van der Waals surface area contributed by atoms with Gasteiger partial charge in [0.1, 0.15) is 0 Å². The molecule has 1 amide bonds. The smallest absolute Gasteiger partial charge is 0.330 e. The molecule has 5 N–H and O–H groups in total. The SMILES string of the molecule is CCOC(=O)/C=C/c1ccc(NC(=O)c2cccc(NC(=N)N)c2)c(Cl)c1. The van der Waals surface area contributed by atoms with Gasteiger partial charge in [0.25, 0.3) is 5.91 Å². The third kappa shape index (κ3) is 6.16. The van der Waals surface area contributed by atoms with Crippen molar-refractivity contribution in [1.82, 2.24) is 0 Å². The molecule has 7 nitrogen and oxygen atoms in total. The lowest BCUT2D eigenvalue weighted by atomic mass is 10.1. The molecule has 140 valence electrons. The van der Waals surface area contributed by atoms with E-state index < -0.39 is 5.97 Å². The maximum Gasteiger partial charge on any atom is 0.330 e. The zero-order chi connectivity index (χ0) is 19.8. The van der Waals surface area contributed by atoms with E-state index in [0.717, 1.165) is 0 Å². The Morgan fingerprint density at radius 1 is 1.22 bits per heavy atom. The topological polar surface area (TPSA) is 117 Å². The summed E-state index contributed by atoms with van der Waals surface area (Å²) in [6, 6.07) is 11.5. The number of hydrogen-bond acceptors (Lipinski definition) is 4. The normalized spacial score (nSPS) is 10.4. The minimum absolute atomic E-state index is 0.220. The van der Waals surface area contributed by atoms with Crippen LogP contribution in [0.15, 0.2) is 48.5 Å². The van der Waals surface area contributed by atoms with E-state index in [0.29, 0.717) is 34.1 Å². The van der Waals surface area contributed by atoms with Crippen molar-refractivity contribution >= 4 is 46.9 Å². The minimum atomic E-state index is -0.440. The summed E-state index contributed by atoms with van der Waals surface area (Å²) in [5.74, 6) is -1.02. The van der Waals surface area contributed by atoms with E-state index in [2.05, 4.69) is 10.6 Å². The number of carbonyl (C=O) groups is 2. The van der Waals surface area contributed by atoms with E-state index in [1.807, 2.05) is 0 Å². The predicted molar refractivity (Wildman–Crippen MR) is 107 cm³/mol. The average molecular weight is 387 g/mol. The highest BCUT2D eigenvalue weighted by molar-refractivity contribution is 6.34. The lowest BCUT2D eigenvalue weighted by molar-refractivity contribution is -0.137. The molecule has 27 heavy (non-hydrogen) atoms. The van der Waals surface area contributed by atoms with Crippen LogP contribution in [0.3, 0.4) is 0 Å². The molecule has 0 saturated carbocycles. The Morgan fingerprint density at radius 3 is 2.67 bits per heavy atom. The molecule has 0 fully saturated rings. The molecular weight excluding hydrogens is 368 g/mol. The first-order valence-corrected chi connectivity index (χ1v) is 8.43. The second kappa shape index (κ2) is 9.40. The minimum Gasteiger partial charge on any atom is -0.463 e. The largest absolute Gasteiger partial charge is 0.463 e. The molecule has 0 aliphatic carbocycles. The highest BCUT2D eigenvalue weighted by atomic mass is 35.5. The van der Waals surface area contributed by atoms with E-state index in [4.69, 9.17) is 27.5 Å². The lowest BCUT2D eigenvalue weighted by Crippen LogP contribution is -2.21. The van der Waals surface area contributed by atoms with E-state index in [9.17, 15) is 9.59 Å². The number of hydrogen-bond donors (Lipinski definition) is 4. The number of halogens is 1. The molecule has 0 saturated heterocycles. The van der Waals surface area contributed by atoms with Crippen molar-refractivity contribution in [1.29, 1.82) is 5.41 Å². The van der Waals surface area contributed by atoms with Crippen LogP contribution in [0.2, 0.25) is 5.02 Å². The number of nitrogens with two attached hydrogens (primary N) is 1. The second-order valence-electron chi connectivity index (χ2n) is 5.40. The van der Waals surface area contributed by atoms with Crippen molar-refractivity contribution in [3.8, 4) is 0 Å². The van der Waals surface area contributed by atoms with E-state index >= 15 is 0 Å². The molecule has 0 atom stereocenters. The third-order valence-electron chi connectivity index (χ3n) is 3.34.